The maximum atomic E-state index is 4.64. The number of rotatable bonds is 3. The summed E-state index contributed by atoms with van der Waals surface area (Å²) in [5.41, 5.74) is 1.45. The highest BCUT2D eigenvalue weighted by Gasteiger charge is 2.44. The summed E-state index contributed by atoms with van der Waals surface area (Å²) in [4.78, 5) is 4.64. The molecule has 3 rings (SSSR count). The highest BCUT2D eigenvalue weighted by molar-refractivity contribution is 7.09. The molecular weight excluding hydrogens is 192 g/mol. The molecule has 0 amide bonds. The van der Waals surface area contributed by atoms with Crippen LogP contribution in [-0.4, -0.2) is 11.0 Å². The third-order valence-electron chi connectivity index (χ3n) is 3.29. The van der Waals surface area contributed by atoms with Crippen LogP contribution >= 0.6 is 11.3 Å². The van der Waals surface area contributed by atoms with Crippen LogP contribution in [0.5, 0.6) is 0 Å². The highest BCUT2D eigenvalue weighted by Crippen LogP contribution is 2.44. The van der Waals surface area contributed by atoms with Gasteiger partial charge in [0.25, 0.3) is 0 Å². The molecule has 0 bridgehead atoms. The molecule has 0 saturated heterocycles. The van der Waals surface area contributed by atoms with E-state index in [1.165, 1.54) is 42.8 Å². The molecule has 0 atom stereocenters. The van der Waals surface area contributed by atoms with Gasteiger partial charge in [0, 0.05) is 17.1 Å². The normalized spacial score (nSPS) is 24.6. The minimum Gasteiger partial charge on any atom is -0.303 e. The van der Waals surface area contributed by atoms with E-state index in [1.807, 2.05) is 11.3 Å². The van der Waals surface area contributed by atoms with Crippen LogP contribution in [-0.2, 0) is 5.54 Å². The average Bonchev–Trinajstić information content (AvgIpc) is 2.81. The van der Waals surface area contributed by atoms with Gasteiger partial charge in [-0.15, -0.1) is 11.3 Å². The van der Waals surface area contributed by atoms with Gasteiger partial charge in [-0.05, 0) is 39.0 Å². The average molecular weight is 208 g/mol. The van der Waals surface area contributed by atoms with Crippen LogP contribution in [0.4, 0.5) is 0 Å². The van der Waals surface area contributed by atoms with Gasteiger partial charge in [0.2, 0.25) is 0 Å². The van der Waals surface area contributed by atoms with E-state index in [0.717, 1.165) is 6.04 Å². The predicted octanol–water partition coefficient (Wildman–Crippen LogP) is 2.58. The molecule has 2 saturated carbocycles. The molecule has 1 aromatic rings. The minimum absolute atomic E-state index is 0.278. The lowest BCUT2D eigenvalue weighted by Gasteiger charge is -2.41. The topological polar surface area (TPSA) is 24.9 Å². The summed E-state index contributed by atoms with van der Waals surface area (Å²) in [6, 6.07) is 0.791. The Labute approximate surface area is 88.7 Å². The second-order valence-corrected chi connectivity index (χ2v) is 5.51. The first-order valence-corrected chi connectivity index (χ1v) is 6.37. The fraction of sp³-hybridized carbons (Fsp3) is 0.727. The van der Waals surface area contributed by atoms with Gasteiger partial charge in [0.1, 0.15) is 5.01 Å². The summed E-state index contributed by atoms with van der Waals surface area (Å²) in [5.74, 6) is 0. The standard InChI is InChI=1S/C11H16N2S/c1-8-7-14-10(12-8)11(5-2-6-11)13-9-3-4-9/h7,9,13H,2-6H2,1H3. The van der Waals surface area contributed by atoms with Crippen molar-refractivity contribution in [3.63, 3.8) is 0 Å². The molecule has 2 aliphatic rings. The van der Waals surface area contributed by atoms with Crippen molar-refractivity contribution in [2.45, 2.75) is 50.6 Å². The molecule has 76 valence electrons. The Bertz CT molecular complexity index is 337. The number of aryl methyl sites for hydroxylation is 1. The monoisotopic (exact) mass is 208 g/mol. The minimum atomic E-state index is 0.278. The summed E-state index contributed by atoms with van der Waals surface area (Å²) >= 11 is 1.83. The molecule has 0 spiro atoms. The zero-order valence-electron chi connectivity index (χ0n) is 8.55. The molecule has 2 fully saturated rings. The second-order valence-electron chi connectivity index (χ2n) is 4.65. The molecule has 1 aromatic heterocycles. The summed E-state index contributed by atoms with van der Waals surface area (Å²) in [7, 11) is 0. The number of thiazole rings is 1. The zero-order chi connectivity index (χ0) is 9.60. The van der Waals surface area contributed by atoms with Crippen molar-refractivity contribution in [1.29, 1.82) is 0 Å². The van der Waals surface area contributed by atoms with E-state index >= 15 is 0 Å². The van der Waals surface area contributed by atoms with Crippen molar-refractivity contribution >= 4 is 11.3 Å². The van der Waals surface area contributed by atoms with E-state index in [1.54, 1.807) is 0 Å². The Kier molecular flexibility index (Phi) is 1.92. The largest absolute Gasteiger partial charge is 0.303 e. The van der Waals surface area contributed by atoms with Crippen molar-refractivity contribution in [3.8, 4) is 0 Å². The lowest BCUT2D eigenvalue weighted by molar-refractivity contribution is 0.182. The number of nitrogens with zero attached hydrogens (tertiary/aromatic N) is 1. The van der Waals surface area contributed by atoms with Crippen LogP contribution in [0.2, 0.25) is 0 Å². The van der Waals surface area contributed by atoms with Gasteiger partial charge >= 0.3 is 0 Å². The van der Waals surface area contributed by atoms with E-state index < -0.39 is 0 Å². The fourth-order valence-corrected chi connectivity index (χ4v) is 3.16. The molecule has 0 aliphatic heterocycles. The summed E-state index contributed by atoms with van der Waals surface area (Å²) in [5, 5.41) is 7.28. The van der Waals surface area contributed by atoms with Gasteiger partial charge in [-0.25, -0.2) is 4.98 Å². The molecule has 0 unspecified atom stereocenters. The van der Waals surface area contributed by atoms with Crippen molar-refractivity contribution in [3.05, 3.63) is 16.1 Å². The smallest absolute Gasteiger partial charge is 0.113 e. The van der Waals surface area contributed by atoms with Crippen LogP contribution in [0.15, 0.2) is 5.38 Å². The lowest BCUT2D eigenvalue weighted by Crippen LogP contribution is -2.49. The molecule has 0 aromatic carbocycles. The van der Waals surface area contributed by atoms with E-state index in [4.69, 9.17) is 0 Å². The molecule has 1 N–H and O–H groups in total. The van der Waals surface area contributed by atoms with Crippen LogP contribution in [0.25, 0.3) is 0 Å². The molecule has 1 heterocycles. The van der Waals surface area contributed by atoms with E-state index in [-0.39, 0.29) is 5.54 Å². The zero-order valence-corrected chi connectivity index (χ0v) is 9.36. The predicted molar refractivity (Wildman–Crippen MR) is 58.5 cm³/mol. The number of aromatic nitrogens is 1. The highest BCUT2D eigenvalue weighted by atomic mass is 32.1. The Morgan fingerprint density at radius 2 is 2.29 bits per heavy atom. The molecular formula is C11H16N2S. The number of hydrogen-bond donors (Lipinski definition) is 1. The summed E-state index contributed by atoms with van der Waals surface area (Å²) in [6.07, 6.45) is 6.67. The maximum Gasteiger partial charge on any atom is 0.113 e. The van der Waals surface area contributed by atoms with Crippen molar-refractivity contribution in [1.82, 2.24) is 10.3 Å². The second kappa shape index (κ2) is 3.04. The van der Waals surface area contributed by atoms with Crippen molar-refractivity contribution in [2.24, 2.45) is 0 Å². The lowest BCUT2D eigenvalue weighted by atomic mass is 9.77. The summed E-state index contributed by atoms with van der Waals surface area (Å²) < 4.78 is 0. The third-order valence-corrected chi connectivity index (χ3v) is 4.46. The Morgan fingerprint density at radius 1 is 1.50 bits per heavy atom. The Hall–Kier alpha value is -0.410. The van der Waals surface area contributed by atoms with Crippen LogP contribution in [0, 0.1) is 6.92 Å². The van der Waals surface area contributed by atoms with Gasteiger partial charge in [-0.2, -0.15) is 0 Å². The van der Waals surface area contributed by atoms with Crippen LogP contribution < -0.4 is 5.32 Å². The van der Waals surface area contributed by atoms with Gasteiger partial charge in [-0.1, -0.05) is 0 Å². The molecule has 3 heteroatoms. The maximum absolute atomic E-state index is 4.64. The first kappa shape index (κ1) is 8.86. The van der Waals surface area contributed by atoms with E-state index in [2.05, 4.69) is 22.6 Å². The van der Waals surface area contributed by atoms with Gasteiger partial charge in [0.05, 0.1) is 5.54 Å². The SMILES string of the molecule is Cc1csc(C2(NC3CC3)CCC2)n1. The van der Waals surface area contributed by atoms with Crippen LogP contribution in [0.1, 0.15) is 42.8 Å². The summed E-state index contributed by atoms with van der Waals surface area (Å²) in [6.45, 7) is 2.09. The van der Waals surface area contributed by atoms with Gasteiger partial charge < -0.3 is 5.32 Å². The Balaban J connectivity index is 1.84. The van der Waals surface area contributed by atoms with E-state index in [0.29, 0.717) is 0 Å². The molecule has 2 aliphatic carbocycles. The third kappa shape index (κ3) is 1.39. The number of nitrogens with one attached hydrogen (secondary N) is 1. The number of hydrogen-bond acceptors (Lipinski definition) is 3. The quantitative estimate of drug-likeness (QED) is 0.826. The van der Waals surface area contributed by atoms with Crippen molar-refractivity contribution in [2.75, 3.05) is 0 Å². The van der Waals surface area contributed by atoms with Crippen molar-refractivity contribution < 1.29 is 0 Å². The van der Waals surface area contributed by atoms with Gasteiger partial charge in [-0.3, -0.25) is 0 Å². The molecule has 2 nitrogen and oxygen atoms in total. The first-order valence-electron chi connectivity index (χ1n) is 5.49. The Morgan fingerprint density at radius 3 is 2.71 bits per heavy atom. The molecule has 0 radical (unpaired) electrons. The van der Waals surface area contributed by atoms with Crippen LogP contribution in [0.3, 0.4) is 0 Å². The van der Waals surface area contributed by atoms with Gasteiger partial charge in [0.15, 0.2) is 0 Å². The van der Waals surface area contributed by atoms with E-state index in [9.17, 15) is 0 Å². The fourth-order valence-electron chi connectivity index (χ4n) is 2.14. The molecule has 14 heavy (non-hydrogen) atoms. The first-order chi connectivity index (χ1) is 6.78.